The van der Waals surface area contributed by atoms with Crippen molar-refractivity contribution >= 4 is 0 Å². The Kier molecular flexibility index (Phi) is 3.90. The third-order valence-electron chi connectivity index (χ3n) is 5.11. The Bertz CT molecular complexity index is 429. The van der Waals surface area contributed by atoms with Gasteiger partial charge in [0.05, 0.1) is 0 Å². The van der Waals surface area contributed by atoms with E-state index >= 15 is 0 Å². The van der Waals surface area contributed by atoms with Crippen LogP contribution in [-0.4, -0.2) is 6.04 Å². The Morgan fingerprint density at radius 2 is 1.89 bits per heavy atom. The quantitative estimate of drug-likeness (QED) is 0.867. The van der Waals surface area contributed by atoms with Gasteiger partial charge in [0.2, 0.25) is 0 Å². The lowest BCUT2D eigenvalue weighted by Gasteiger charge is -2.34. The molecular formula is C17H26N2. The van der Waals surface area contributed by atoms with Crippen molar-refractivity contribution < 1.29 is 0 Å². The van der Waals surface area contributed by atoms with Crippen molar-refractivity contribution in [1.82, 2.24) is 5.32 Å². The van der Waals surface area contributed by atoms with Gasteiger partial charge in [-0.05, 0) is 36.3 Å². The SMILES string of the molecule is CCC1CCCCC1NC1CC(N)c2ccccc21. The summed E-state index contributed by atoms with van der Waals surface area (Å²) < 4.78 is 0. The first-order valence-electron chi connectivity index (χ1n) is 7.90. The smallest absolute Gasteiger partial charge is 0.0344 e. The first kappa shape index (κ1) is 13.1. The van der Waals surface area contributed by atoms with Gasteiger partial charge >= 0.3 is 0 Å². The van der Waals surface area contributed by atoms with Crippen LogP contribution in [0.1, 0.15) is 68.7 Å². The standard InChI is InChI=1S/C17H26N2/c1-2-12-7-3-6-10-16(12)19-17-11-15(18)13-8-4-5-9-14(13)17/h4-5,8-9,12,15-17,19H,2-3,6-7,10-11,18H2,1H3. The third kappa shape index (κ3) is 2.56. The van der Waals surface area contributed by atoms with E-state index in [0.717, 1.165) is 12.3 Å². The number of hydrogen-bond acceptors (Lipinski definition) is 2. The molecule has 1 aromatic rings. The fourth-order valence-electron chi connectivity index (χ4n) is 4.01. The van der Waals surface area contributed by atoms with Gasteiger partial charge in [-0.2, -0.15) is 0 Å². The second kappa shape index (κ2) is 5.64. The maximum Gasteiger partial charge on any atom is 0.0344 e. The molecular weight excluding hydrogens is 232 g/mol. The van der Waals surface area contributed by atoms with E-state index in [1.807, 2.05) is 0 Å². The summed E-state index contributed by atoms with van der Waals surface area (Å²) in [5, 5.41) is 3.93. The van der Waals surface area contributed by atoms with Crippen molar-refractivity contribution in [3.8, 4) is 0 Å². The van der Waals surface area contributed by atoms with Crippen LogP contribution in [0.4, 0.5) is 0 Å². The molecule has 104 valence electrons. The molecule has 0 spiro atoms. The number of hydrogen-bond donors (Lipinski definition) is 2. The minimum Gasteiger partial charge on any atom is -0.324 e. The van der Waals surface area contributed by atoms with Gasteiger partial charge in [0.15, 0.2) is 0 Å². The number of benzene rings is 1. The predicted molar refractivity (Wildman–Crippen MR) is 79.9 cm³/mol. The molecule has 2 aliphatic carbocycles. The zero-order chi connectivity index (χ0) is 13.2. The topological polar surface area (TPSA) is 38.0 Å². The first-order valence-corrected chi connectivity index (χ1v) is 7.90. The van der Waals surface area contributed by atoms with E-state index < -0.39 is 0 Å². The van der Waals surface area contributed by atoms with Crippen LogP contribution in [0.2, 0.25) is 0 Å². The zero-order valence-corrected chi connectivity index (χ0v) is 11.9. The van der Waals surface area contributed by atoms with Crippen molar-refractivity contribution in [3.63, 3.8) is 0 Å². The highest BCUT2D eigenvalue weighted by atomic mass is 15.0. The number of nitrogens with one attached hydrogen (secondary N) is 1. The summed E-state index contributed by atoms with van der Waals surface area (Å²) in [5.74, 6) is 0.859. The summed E-state index contributed by atoms with van der Waals surface area (Å²) in [5.41, 5.74) is 9.06. The van der Waals surface area contributed by atoms with Gasteiger partial charge in [-0.25, -0.2) is 0 Å². The van der Waals surface area contributed by atoms with Crippen LogP contribution in [-0.2, 0) is 0 Å². The first-order chi connectivity index (χ1) is 9.29. The van der Waals surface area contributed by atoms with Crippen LogP contribution < -0.4 is 11.1 Å². The molecule has 19 heavy (non-hydrogen) atoms. The highest BCUT2D eigenvalue weighted by molar-refractivity contribution is 5.37. The lowest BCUT2D eigenvalue weighted by Crippen LogP contribution is -2.40. The molecule has 2 heteroatoms. The summed E-state index contributed by atoms with van der Waals surface area (Å²) in [7, 11) is 0. The number of nitrogens with two attached hydrogens (primary N) is 1. The van der Waals surface area contributed by atoms with Crippen LogP contribution in [0.3, 0.4) is 0 Å². The Morgan fingerprint density at radius 1 is 1.16 bits per heavy atom. The van der Waals surface area contributed by atoms with Crippen LogP contribution in [0.25, 0.3) is 0 Å². The molecule has 4 atom stereocenters. The van der Waals surface area contributed by atoms with Crippen molar-refractivity contribution in [2.45, 2.75) is 63.6 Å². The van der Waals surface area contributed by atoms with Crippen molar-refractivity contribution in [1.29, 1.82) is 0 Å². The molecule has 2 aliphatic rings. The molecule has 1 fully saturated rings. The molecule has 1 aromatic carbocycles. The van der Waals surface area contributed by atoms with E-state index in [1.165, 1.54) is 43.2 Å². The van der Waals surface area contributed by atoms with E-state index in [-0.39, 0.29) is 6.04 Å². The fourth-order valence-corrected chi connectivity index (χ4v) is 4.01. The van der Waals surface area contributed by atoms with Gasteiger partial charge in [0, 0.05) is 18.1 Å². The fraction of sp³-hybridized carbons (Fsp3) is 0.647. The maximum atomic E-state index is 6.27. The molecule has 0 heterocycles. The Morgan fingerprint density at radius 3 is 2.68 bits per heavy atom. The highest BCUT2D eigenvalue weighted by Gasteiger charge is 2.32. The molecule has 0 aliphatic heterocycles. The average Bonchev–Trinajstić information content (AvgIpc) is 2.77. The Labute approximate surface area is 116 Å². The predicted octanol–water partition coefficient (Wildman–Crippen LogP) is 3.69. The highest BCUT2D eigenvalue weighted by Crippen LogP contribution is 2.39. The van der Waals surface area contributed by atoms with Gasteiger partial charge < -0.3 is 11.1 Å². The van der Waals surface area contributed by atoms with Gasteiger partial charge in [0.25, 0.3) is 0 Å². The summed E-state index contributed by atoms with van der Waals surface area (Å²) in [6.07, 6.45) is 7.90. The van der Waals surface area contributed by atoms with Crippen LogP contribution in [0.5, 0.6) is 0 Å². The number of fused-ring (bicyclic) bond motifs is 1. The molecule has 0 amide bonds. The molecule has 0 bridgehead atoms. The second-order valence-corrected chi connectivity index (χ2v) is 6.25. The van der Waals surface area contributed by atoms with Gasteiger partial charge in [0.1, 0.15) is 0 Å². The maximum absolute atomic E-state index is 6.27. The summed E-state index contributed by atoms with van der Waals surface area (Å²) in [4.78, 5) is 0. The van der Waals surface area contributed by atoms with E-state index in [0.29, 0.717) is 12.1 Å². The monoisotopic (exact) mass is 258 g/mol. The van der Waals surface area contributed by atoms with Gasteiger partial charge in [-0.3, -0.25) is 0 Å². The van der Waals surface area contributed by atoms with Crippen molar-refractivity contribution in [3.05, 3.63) is 35.4 Å². The van der Waals surface area contributed by atoms with Gasteiger partial charge in [-0.1, -0.05) is 50.5 Å². The molecule has 3 rings (SSSR count). The van der Waals surface area contributed by atoms with E-state index in [4.69, 9.17) is 5.73 Å². The largest absolute Gasteiger partial charge is 0.324 e. The van der Waals surface area contributed by atoms with Crippen molar-refractivity contribution in [2.24, 2.45) is 11.7 Å². The summed E-state index contributed by atoms with van der Waals surface area (Å²) in [6.45, 7) is 2.33. The second-order valence-electron chi connectivity index (χ2n) is 6.25. The molecule has 3 N–H and O–H groups in total. The van der Waals surface area contributed by atoms with E-state index in [1.54, 1.807) is 0 Å². The molecule has 4 unspecified atom stereocenters. The third-order valence-corrected chi connectivity index (χ3v) is 5.11. The molecule has 0 saturated heterocycles. The zero-order valence-electron chi connectivity index (χ0n) is 11.9. The lowest BCUT2D eigenvalue weighted by atomic mass is 9.82. The van der Waals surface area contributed by atoms with Crippen molar-refractivity contribution in [2.75, 3.05) is 0 Å². The molecule has 1 saturated carbocycles. The lowest BCUT2D eigenvalue weighted by molar-refractivity contribution is 0.234. The Balaban J connectivity index is 1.74. The van der Waals surface area contributed by atoms with Gasteiger partial charge in [-0.15, -0.1) is 0 Å². The molecule has 2 nitrogen and oxygen atoms in total. The number of rotatable bonds is 3. The summed E-state index contributed by atoms with van der Waals surface area (Å²) in [6, 6.07) is 10.1. The average molecular weight is 258 g/mol. The normalized spacial score (nSPS) is 34.2. The molecule has 0 radical (unpaired) electrons. The minimum absolute atomic E-state index is 0.220. The van der Waals surface area contributed by atoms with Crippen LogP contribution >= 0.6 is 0 Å². The molecule has 0 aromatic heterocycles. The van der Waals surface area contributed by atoms with Crippen LogP contribution in [0.15, 0.2) is 24.3 Å². The summed E-state index contributed by atoms with van der Waals surface area (Å²) >= 11 is 0. The van der Waals surface area contributed by atoms with Crippen LogP contribution in [0, 0.1) is 5.92 Å². The van der Waals surface area contributed by atoms with E-state index in [2.05, 4.69) is 36.5 Å². The minimum atomic E-state index is 0.220. The van der Waals surface area contributed by atoms with E-state index in [9.17, 15) is 0 Å². The Hall–Kier alpha value is -0.860.